The number of carbonyl (C=O) groups is 2. The van der Waals surface area contributed by atoms with Crippen LogP contribution in [0.2, 0.25) is 0 Å². The van der Waals surface area contributed by atoms with Crippen molar-refractivity contribution in [3.05, 3.63) is 48.5 Å². The van der Waals surface area contributed by atoms with Crippen LogP contribution in [0.1, 0.15) is 13.3 Å². The van der Waals surface area contributed by atoms with Crippen LogP contribution in [-0.4, -0.2) is 16.1 Å². The minimum absolute atomic E-state index is 0.000827. The fraction of sp³-hybridized carbons (Fsp3) is 0.176. The van der Waals surface area contributed by atoms with Gasteiger partial charge in [-0.2, -0.15) is 0 Å². The van der Waals surface area contributed by atoms with E-state index < -0.39 is 0 Å². The topological polar surface area (TPSA) is 39.1 Å². The number of aromatic nitrogens is 1. The predicted octanol–water partition coefficient (Wildman–Crippen LogP) is 3.34. The molecule has 1 aromatic heterocycles. The molecule has 0 bridgehead atoms. The van der Waals surface area contributed by atoms with E-state index in [1.54, 1.807) is 0 Å². The summed E-state index contributed by atoms with van der Waals surface area (Å²) < 4.78 is 2.00. The second-order valence-electron chi connectivity index (χ2n) is 5.04. The van der Waals surface area contributed by atoms with Gasteiger partial charge in [-0.05, 0) is 19.1 Å². The van der Waals surface area contributed by atoms with Gasteiger partial charge in [0.25, 0.3) is 0 Å². The monoisotopic (exact) mass is 265 g/mol. The van der Waals surface area contributed by atoms with Gasteiger partial charge >= 0.3 is 0 Å². The molecule has 0 aliphatic carbocycles. The average Bonchev–Trinajstić information content (AvgIpc) is 2.73. The van der Waals surface area contributed by atoms with Crippen LogP contribution >= 0.6 is 0 Å². The summed E-state index contributed by atoms with van der Waals surface area (Å²) in [5.74, 6) is -0.139. The summed E-state index contributed by atoms with van der Waals surface area (Å²) in [5.41, 5.74) is 2.07. The van der Waals surface area contributed by atoms with Crippen LogP contribution in [-0.2, 0) is 16.1 Å². The molecule has 2 aromatic carbocycles. The smallest absolute Gasteiger partial charge is 0.159 e. The number of hydrogen-bond acceptors (Lipinski definition) is 2. The van der Waals surface area contributed by atoms with E-state index in [-0.39, 0.29) is 24.5 Å². The summed E-state index contributed by atoms with van der Waals surface area (Å²) in [4.78, 5) is 23.0. The van der Waals surface area contributed by atoms with Gasteiger partial charge in [0.05, 0.1) is 13.0 Å². The first kappa shape index (κ1) is 12.6. The quantitative estimate of drug-likeness (QED) is 0.679. The summed E-state index contributed by atoms with van der Waals surface area (Å²) in [6.45, 7) is 1.69. The zero-order valence-electron chi connectivity index (χ0n) is 11.3. The minimum atomic E-state index is -0.0873. The lowest BCUT2D eigenvalue weighted by Crippen LogP contribution is -2.12. The molecule has 20 heavy (non-hydrogen) atoms. The normalized spacial score (nSPS) is 11.1. The van der Waals surface area contributed by atoms with Crippen molar-refractivity contribution in [2.24, 2.45) is 0 Å². The molecule has 0 amide bonds. The molecule has 0 unspecified atom stereocenters. The highest BCUT2D eigenvalue weighted by molar-refractivity contribution is 6.09. The number of benzene rings is 2. The van der Waals surface area contributed by atoms with Gasteiger partial charge in [0.1, 0.15) is 5.78 Å². The predicted molar refractivity (Wildman–Crippen MR) is 79.7 cm³/mol. The van der Waals surface area contributed by atoms with E-state index in [4.69, 9.17) is 0 Å². The van der Waals surface area contributed by atoms with E-state index in [9.17, 15) is 9.59 Å². The largest absolute Gasteiger partial charge is 0.333 e. The van der Waals surface area contributed by atoms with Gasteiger partial charge in [-0.25, -0.2) is 0 Å². The highest BCUT2D eigenvalue weighted by Gasteiger charge is 2.13. The molecule has 3 heteroatoms. The Morgan fingerprint density at radius 3 is 1.90 bits per heavy atom. The van der Waals surface area contributed by atoms with Crippen molar-refractivity contribution in [1.82, 2.24) is 4.57 Å². The zero-order valence-corrected chi connectivity index (χ0v) is 11.3. The van der Waals surface area contributed by atoms with Gasteiger partial charge in [0.15, 0.2) is 5.78 Å². The fourth-order valence-corrected chi connectivity index (χ4v) is 2.68. The second kappa shape index (κ2) is 4.93. The van der Waals surface area contributed by atoms with Gasteiger partial charge in [0.2, 0.25) is 0 Å². The molecule has 0 aliphatic rings. The van der Waals surface area contributed by atoms with Crippen molar-refractivity contribution in [2.45, 2.75) is 19.9 Å². The lowest BCUT2D eigenvalue weighted by Gasteiger charge is -2.05. The van der Waals surface area contributed by atoms with Crippen LogP contribution in [0.15, 0.2) is 48.5 Å². The van der Waals surface area contributed by atoms with Crippen LogP contribution in [0, 0.1) is 0 Å². The number of carbonyl (C=O) groups excluding carboxylic acids is 2. The first-order valence-corrected chi connectivity index (χ1v) is 6.64. The molecule has 0 aliphatic heterocycles. The average molecular weight is 265 g/mol. The number of Topliss-reactive ketones (excluding diaryl/α,β-unsaturated/α-hetero) is 2. The molecule has 3 nitrogen and oxygen atoms in total. The standard InChI is InChI=1S/C17H15NO2/c1-12(19)10-13(20)11-18-16-8-4-2-6-14(16)15-7-3-5-9-17(15)18/h2-9H,10-11H2,1H3. The van der Waals surface area contributed by atoms with Crippen molar-refractivity contribution in [3.63, 3.8) is 0 Å². The molecule has 1 heterocycles. The SMILES string of the molecule is CC(=O)CC(=O)Cn1c2ccccc2c2ccccc21. The summed E-state index contributed by atoms with van der Waals surface area (Å²) >= 11 is 0. The third-order valence-electron chi connectivity index (χ3n) is 3.46. The van der Waals surface area contributed by atoms with Gasteiger partial charge in [0, 0.05) is 21.8 Å². The van der Waals surface area contributed by atoms with Crippen LogP contribution in [0.3, 0.4) is 0 Å². The van der Waals surface area contributed by atoms with Crippen molar-refractivity contribution >= 4 is 33.4 Å². The van der Waals surface area contributed by atoms with Gasteiger partial charge in [-0.3, -0.25) is 9.59 Å². The first-order valence-electron chi connectivity index (χ1n) is 6.64. The summed E-state index contributed by atoms with van der Waals surface area (Å²) in [7, 11) is 0. The highest BCUT2D eigenvalue weighted by atomic mass is 16.1. The number of ketones is 2. The Bertz CT molecular complexity index is 761. The molecule has 0 atom stereocenters. The summed E-state index contributed by atoms with van der Waals surface area (Å²) in [6.07, 6.45) is 0.000827. The minimum Gasteiger partial charge on any atom is -0.333 e. The maximum absolute atomic E-state index is 12.0. The summed E-state index contributed by atoms with van der Waals surface area (Å²) in [6, 6.07) is 16.1. The van der Waals surface area contributed by atoms with Crippen LogP contribution in [0.5, 0.6) is 0 Å². The molecule has 0 spiro atoms. The zero-order chi connectivity index (χ0) is 14.1. The van der Waals surface area contributed by atoms with E-state index in [0.717, 1.165) is 21.8 Å². The number of fused-ring (bicyclic) bond motifs is 3. The van der Waals surface area contributed by atoms with Crippen molar-refractivity contribution in [3.8, 4) is 0 Å². The summed E-state index contributed by atoms with van der Waals surface area (Å²) in [5, 5.41) is 2.28. The number of para-hydroxylation sites is 2. The third kappa shape index (κ3) is 2.11. The number of nitrogens with zero attached hydrogens (tertiary/aromatic N) is 1. The Kier molecular flexibility index (Phi) is 3.11. The first-order chi connectivity index (χ1) is 9.66. The van der Waals surface area contributed by atoms with Crippen molar-refractivity contribution in [1.29, 1.82) is 0 Å². The molecular weight excluding hydrogens is 250 g/mol. The van der Waals surface area contributed by atoms with Gasteiger partial charge in [-0.1, -0.05) is 36.4 Å². The van der Waals surface area contributed by atoms with E-state index in [1.165, 1.54) is 6.92 Å². The number of rotatable bonds is 4. The lowest BCUT2D eigenvalue weighted by atomic mass is 10.2. The van der Waals surface area contributed by atoms with Crippen molar-refractivity contribution < 1.29 is 9.59 Å². The highest BCUT2D eigenvalue weighted by Crippen LogP contribution is 2.28. The Balaban J connectivity index is 2.16. The molecule has 3 aromatic rings. The Hall–Kier alpha value is -2.42. The Morgan fingerprint density at radius 2 is 1.40 bits per heavy atom. The Labute approximate surface area is 116 Å². The van der Waals surface area contributed by atoms with E-state index in [0.29, 0.717) is 0 Å². The van der Waals surface area contributed by atoms with E-state index >= 15 is 0 Å². The van der Waals surface area contributed by atoms with Gasteiger partial charge < -0.3 is 4.57 Å². The molecule has 3 rings (SSSR count). The molecule has 0 radical (unpaired) electrons. The van der Waals surface area contributed by atoms with Crippen LogP contribution in [0.25, 0.3) is 21.8 Å². The maximum atomic E-state index is 12.0. The maximum Gasteiger partial charge on any atom is 0.159 e. The van der Waals surface area contributed by atoms with Crippen LogP contribution < -0.4 is 0 Å². The molecular formula is C17H15NO2. The third-order valence-corrected chi connectivity index (χ3v) is 3.46. The Morgan fingerprint density at radius 1 is 0.900 bits per heavy atom. The molecule has 0 saturated carbocycles. The van der Waals surface area contributed by atoms with Gasteiger partial charge in [-0.15, -0.1) is 0 Å². The molecule has 0 N–H and O–H groups in total. The molecule has 100 valence electrons. The van der Waals surface area contributed by atoms with E-state index in [2.05, 4.69) is 12.1 Å². The van der Waals surface area contributed by atoms with Crippen LogP contribution in [0.4, 0.5) is 0 Å². The van der Waals surface area contributed by atoms with E-state index in [1.807, 2.05) is 41.0 Å². The molecule has 0 saturated heterocycles. The second-order valence-corrected chi connectivity index (χ2v) is 5.04. The van der Waals surface area contributed by atoms with Crippen molar-refractivity contribution in [2.75, 3.05) is 0 Å². The number of hydrogen-bond donors (Lipinski definition) is 0. The fourth-order valence-electron chi connectivity index (χ4n) is 2.68. The lowest BCUT2D eigenvalue weighted by molar-refractivity contribution is -0.126. The molecule has 0 fully saturated rings.